The number of anilines is 2. The summed E-state index contributed by atoms with van der Waals surface area (Å²) in [5, 5.41) is 15.3. The van der Waals surface area contributed by atoms with Crippen LogP contribution in [0.15, 0.2) is 17.2 Å². The molecular weight excluding hydrogens is 248 g/mol. The molecule has 0 amide bonds. The summed E-state index contributed by atoms with van der Waals surface area (Å²) < 4.78 is 0. The predicted molar refractivity (Wildman–Crippen MR) is 56.0 cm³/mol. The lowest BCUT2D eigenvalue weighted by molar-refractivity contribution is -0.434. The van der Waals surface area contributed by atoms with Crippen LogP contribution in [-0.4, -0.2) is 30.1 Å². The Kier molecular flexibility index (Phi) is 4.08. The fourth-order valence-electron chi connectivity index (χ4n) is 0.774. The van der Waals surface area contributed by atoms with Crippen molar-refractivity contribution >= 4 is 11.9 Å². The Bertz CT molecular complexity index is 538. The van der Waals surface area contributed by atoms with E-state index in [1.54, 1.807) is 0 Å². The van der Waals surface area contributed by atoms with Gasteiger partial charge in [-0.25, -0.2) is 19.9 Å². The van der Waals surface area contributed by atoms with E-state index in [-0.39, 0.29) is 11.9 Å². The predicted octanol–water partition coefficient (Wildman–Crippen LogP) is -2.64. The highest BCUT2D eigenvalue weighted by atomic mass is 16.7. The number of nitrogen functional groups attached to an aromatic ring is 2. The van der Waals surface area contributed by atoms with Gasteiger partial charge in [-0.1, -0.05) is 10.5 Å². The molecule has 18 heavy (non-hydrogen) atoms. The third kappa shape index (κ3) is 4.51. The van der Waals surface area contributed by atoms with Crippen LogP contribution in [0.3, 0.4) is 0 Å². The van der Waals surface area contributed by atoms with Gasteiger partial charge < -0.3 is 21.6 Å². The van der Waals surface area contributed by atoms with Crippen molar-refractivity contribution in [3.63, 3.8) is 0 Å². The van der Waals surface area contributed by atoms with Crippen LogP contribution in [0.4, 0.5) is 11.9 Å². The van der Waals surface area contributed by atoms with E-state index < -0.39 is 10.7 Å². The van der Waals surface area contributed by atoms with E-state index in [0.29, 0.717) is 0 Å². The molecule has 0 bridgehead atoms. The average molecular weight is 256 g/mol. The number of nitro groups is 1. The van der Waals surface area contributed by atoms with Gasteiger partial charge in [0.1, 0.15) is 6.20 Å². The Balaban J connectivity index is 0.000000180. The van der Waals surface area contributed by atoms with Crippen molar-refractivity contribution in [1.29, 1.82) is 0 Å². The lowest BCUT2D eigenvalue weighted by Gasteiger charge is -1.99. The summed E-state index contributed by atoms with van der Waals surface area (Å²) in [5.74, 6) is 0.0208. The SMILES string of the molecule is Nc1nc(N)[nH+]c(=O)[nH]1.O=[N+]([O-])[N-]n1ccnn1. The number of nitrogens with two attached hydrogens (primary N) is 2. The number of nitrogens with one attached hydrogen (secondary N) is 2. The second-order valence-electron chi connectivity index (χ2n) is 2.61. The van der Waals surface area contributed by atoms with Crippen LogP contribution in [0.1, 0.15) is 0 Å². The normalized spacial score (nSPS) is 9.11. The minimum atomic E-state index is -0.852. The van der Waals surface area contributed by atoms with Gasteiger partial charge in [-0.2, -0.15) is 10.0 Å². The van der Waals surface area contributed by atoms with Crippen LogP contribution in [0.25, 0.3) is 5.53 Å². The van der Waals surface area contributed by atoms with Gasteiger partial charge in [-0.3, -0.25) is 0 Å². The van der Waals surface area contributed by atoms with Gasteiger partial charge >= 0.3 is 17.6 Å². The second-order valence-corrected chi connectivity index (χ2v) is 2.61. The Morgan fingerprint density at radius 2 is 2.28 bits per heavy atom. The van der Waals surface area contributed by atoms with Gasteiger partial charge in [-0.15, -0.1) is 0 Å². The monoisotopic (exact) mass is 256 g/mol. The summed E-state index contributed by atoms with van der Waals surface area (Å²) in [6, 6.07) is 0. The fourth-order valence-corrected chi connectivity index (χ4v) is 0.774. The van der Waals surface area contributed by atoms with E-state index in [9.17, 15) is 14.9 Å². The molecule has 0 unspecified atom stereocenters. The van der Waals surface area contributed by atoms with Crippen molar-refractivity contribution in [2.24, 2.45) is 0 Å². The largest absolute Gasteiger partial charge is 0.415 e. The molecular formula is C5H8N10O3. The van der Waals surface area contributed by atoms with Gasteiger partial charge in [0, 0.05) is 0 Å². The zero-order chi connectivity index (χ0) is 13.5. The maximum atomic E-state index is 10.4. The van der Waals surface area contributed by atoms with Crippen molar-refractivity contribution < 1.29 is 10.0 Å². The van der Waals surface area contributed by atoms with Crippen molar-refractivity contribution in [3.05, 3.63) is 38.5 Å². The topological polar surface area (TPSA) is 200 Å². The Labute approximate surface area is 97.9 Å². The van der Waals surface area contributed by atoms with E-state index in [1.807, 2.05) is 0 Å². The molecule has 13 nitrogen and oxygen atoms in total. The number of aromatic amines is 2. The molecule has 0 spiro atoms. The maximum absolute atomic E-state index is 10.4. The molecule has 2 aromatic heterocycles. The van der Waals surface area contributed by atoms with Gasteiger partial charge in [0.25, 0.3) is 0 Å². The number of aromatic nitrogens is 6. The van der Waals surface area contributed by atoms with Gasteiger partial charge in [-0.05, 0) is 5.03 Å². The molecule has 0 aromatic carbocycles. The Morgan fingerprint density at radius 1 is 1.56 bits per heavy atom. The standard InChI is InChI=1S/C3H5N5O.C2H2N5O2/c4-1-6-2(5)8-3(9)7-1;8-7(9)5-6-2-1-3-4-6/h(H5,4,5,6,7,8,9);1-2H/q;-1/p+1. The summed E-state index contributed by atoms with van der Waals surface area (Å²) in [6.45, 7) is 0. The molecule has 2 rings (SSSR count). The third-order valence-corrected chi connectivity index (χ3v) is 1.30. The van der Waals surface area contributed by atoms with Gasteiger partial charge in [0.2, 0.25) is 0 Å². The molecule has 0 saturated carbocycles. The van der Waals surface area contributed by atoms with Crippen LogP contribution in [0, 0.1) is 10.1 Å². The quantitative estimate of drug-likeness (QED) is 0.381. The molecule has 0 aliphatic heterocycles. The average Bonchev–Trinajstić information content (AvgIpc) is 2.67. The van der Waals surface area contributed by atoms with Crippen molar-refractivity contribution in [3.8, 4) is 0 Å². The third-order valence-electron chi connectivity index (χ3n) is 1.30. The van der Waals surface area contributed by atoms with Crippen LogP contribution >= 0.6 is 0 Å². The highest BCUT2D eigenvalue weighted by molar-refractivity contribution is 5.17. The first kappa shape index (κ1) is 12.8. The number of hydrogen-bond acceptors (Lipinski definition) is 8. The zero-order valence-corrected chi connectivity index (χ0v) is 8.72. The molecule has 0 atom stereocenters. The summed E-state index contributed by atoms with van der Waals surface area (Å²) in [7, 11) is 0. The van der Waals surface area contributed by atoms with E-state index in [1.165, 1.54) is 12.4 Å². The minimum absolute atomic E-state index is 0.0104. The van der Waals surface area contributed by atoms with E-state index >= 15 is 0 Å². The first-order chi connectivity index (χ1) is 8.47. The Hall–Kier alpha value is -3.25. The highest BCUT2D eigenvalue weighted by Gasteiger charge is 1.98. The van der Waals surface area contributed by atoms with Crippen molar-refractivity contribution in [2.75, 3.05) is 11.5 Å². The lowest BCUT2D eigenvalue weighted by Crippen LogP contribution is -2.34. The van der Waals surface area contributed by atoms with Crippen LogP contribution in [-0.2, 0) is 0 Å². The number of rotatable bonds is 2. The molecule has 6 N–H and O–H groups in total. The van der Waals surface area contributed by atoms with Crippen molar-refractivity contribution in [2.45, 2.75) is 0 Å². The van der Waals surface area contributed by atoms with E-state index in [2.05, 4.69) is 30.8 Å². The maximum Gasteiger partial charge on any atom is 0.415 e. The summed E-state index contributed by atoms with van der Waals surface area (Å²) >= 11 is 0. The molecule has 0 aliphatic rings. The molecule has 0 saturated heterocycles. The number of nitrogens with zero attached hydrogens (tertiary/aromatic N) is 6. The second kappa shape index (κ2) is 5.73. The summed E-state index contributed by atoms with van der Waals surface area (Å²) in [4.78, 5) is 28.6. The van der Waals surface area contributed by atoms with Gasteiger partial charge in [0.05, 0.1) is 6.20 Å². The number of H-pyrrole nitrogens is 2. The molecule has 13 heteroatoms. The van der Waals surface area contributed by atoms with Crippen molar-refractivity contribution in [1.82, 2.24) is 25.1 Å². The van der Waals surface area contributed by atoms with E-state index in [0.717, 1.165) is 4.79 Å². The first-order valence-corrected chi connectivity index (χ1v) is 4.24. The molecule has 96 valence electrons. The molecule has 0 fully saturated rings. The zero-order valence-electron chi connectivity index (χ0n) is 8.72. The number of hydrogen-bond donors (Lipinski definition) is 3. The van der Waals surface area contributed by atoms with Crippen LogP contribution < -0.4 is 22.1 Å². The molecule has 2 aromatic rings. The lowest BCUT2D eigenvalue weighted by atomic mass is 10.9. The fraction of sp³-hybridized carbons (Fsp3) is 0. The summed E-state index contributed by atoms with van der Waals surface area (Å²) in [6.07, 6.45) is 2.57. The smallest absolute Gasteiger partial charge is 0.355 e. The Morgan fingerprint density at radius 3 is 2.72 bits per heavy atom. The molecule has 0 radical (unpaired) electrons. The molecule has 2 heterocycles. The van der Waals surface area contributed by atoms with Gasteiger partial charge in [0.15, 0.2) is 0 Å². The van der Waals surface area contributed by atoms with E-state index in [4.69, 9.17) is 11.5 Å². The summed E-state index contributed by atoms with van der Waals surface area (Å²) in [5.41, 5.74) is 12.5. The van der Waals surface area contributed by atoms with Crippen LogP contribution in [0.5, 0.6) is 0 Å². The van der Waals surface area contributed by atoms with Crippen LogP contribution in [0.2, 0.25) is 0 Å². The highest BCUT2D eigenvalue weighted by Crippen LogP contribution is 1.87. The first-order valence-electron chi connectivity index (χ1n) is 4.24. The molecule has 0 aliphatic carbocycles. The minimum Gasteiger partial charge on any atom is -0.355 e.